The third-order valence-corrected chi connectivity index (χ3v) is 6.66. The zero-order chi connectivity index (χ0) is 19.7. The average molecular weight is 421 g/mol. The molecule has 1 aliphatic rings. The summed E-state index contributed by atoms with van der Waals surface area (Å²) < 4.78 is 15.8. The summed E-state index contributed by atoms with van der Waals surface area (Å²) in [4.78, 5) is 14.7. The minimum absolute atomic E-state index is 0.0615. The van der Waals surface area contributed by atoms with E-state index in [2.05, 4.69) is 4.90 Å². The van der Waals surface area contributed by atoms with Crippen LogP contribution < -0.4 is 4.87 Å². The molecule has 28 heavy (non-hydrogen) atoms. The van der Waals surface area contributed by atoms with E-state index in [4.69, 9.17) is 11.6 Å². The highest BCUT2D eigenvalue weighted by molar-refractivity contribution is 7.16. The van der Waals surface area contributed by atoms with Crippen molar-refractivity contribution in [2.75, 3.05) is 19.6 Å². The van der Waals surface area contributed by atoms with Crippen molar-refractivity contribution in [3.8, 4) is 0 Å². The summed E-state index contributed by atoms with van der Waals surface area (Å²) in [5.74, 6) is 0.128. The van der Waals surface area contributed by atoms with Crippen LogP contribution in [-0.4, -0.2) is 34.2 Å². The van der Waals surface area contributed by atoms with E-state index in [0.29, 0.717) is 24.0 Å². The minimum atomic E-state index is -0.622. The predicted molar refractivity (Wildman–Crippen MR) is 112 cm³/mol. The molecule has 1 N–H and O–H groups in total. The number of benzene rings is 2. The third kappa shape index (κ3) is 4.30. The van der Waals surface area contributed by atoms with Gasteiger partial charge in [-0.2, -0.15) is 0 Å². The molecule has 0 aliphatic carbocycles. The van der Waals surface area contributed by atoms with Crippen LogP contribution in [0.3, 0.4) is 0 Å². The molecule has 1 aromatic heterocycles. The number of hydrogen-bond donors (Lipinski definition) is 1. The maximum Gasteiger partial charge on any atom is 0.308 e. The zero-order valence-electron chi connectivity index (χ0n) is 15.4. The summed E-state index contributed by atoms with van der Waals surface area (Å²) in [6.07, 6.45) is 1.32. The Balaban J connectivity index is 1.36. The number of likely N-dealkylation sites (tertiary alicyclic amines) is 1. The molecule has 4 nitrogen and oxygen atoms in total. The highest BCUT2D eigenvalue weighted by Gasteiger charge is 2.23. The van der Waals surface area contributed by atoms with Crippen molar-refractivity contribution in [1.82, 2.24) is 9.47 Å². The zero-order valence-corrected chi connectivity index (χ0v) is 16.9. The van der Waals surface area contributed by atoms with Crippen molar-refractivity contribution < 1.29 is 9.50 Å². The highest BCUT2D eigenvalue weighted by Crippen LogP contribution is 2.26. The normalized spacial score (nSPS) is 17.2. The van der Waals surface area contributed by atoms with Gasteiger partial charge in [-0.15, -0.1) is 0 Å². The van der Waals surface area contributed by atoms with E-state index < -0.39 is 6.10 Å². The molecule has 0 bridgehead atoms. The Kier molecular flexibility index (Phi) is 5.83. The van der Waals surface area contributed by atoms with E-state index in [0.717, 1.165) is 41.7 Å². The van der Waals surface area contributed by atoms with Crippen LogP contribution in [0.1, 0.15) is 24.5 Å². The summed E-state index contributed by atoms with van der Waals surface area (Å²) in [6, 6.07) is 11.6. The van der Waals surface area contributed by atoms with Crippen LogP contribution in [0.4, 0.5) is 4.39 Å². The first-order valence-corrected chi connectivity index (χ1v) is 10.6. The molecule has 4 rings (SSSR count). The Labute approximate surface area is 171 Å². The number of thiazole rings is 1. The third-order valence-electron chi connectivity index (χ3n) is 5.46. The lowest BCUT2D eigenvalue weighted by atomic mass is 9.96. The second kappa shape index (κ2) is 8.33. The number of aromatic nitrogens is 1. The van der Waals surface area contributed by atoms with Gasteiger partial charge in [0.25, 0.3) is 0 Å². The first-order chi connectivity index (χ1) is 13.5. The molecule has 2 heterocycles. The van der Waals surface area contributed by atoms with E-state index in [-0.39, 0.29) is 10.7 Å². The molecular formula is C21H22ClFN2O2S. The Bertz CT molecular complexity index is 1010. The smallest absolute Gasteiger partial charge is 0.308 e. The maximum absolute atomic E-state index is 13.0. The summed E-state index contributed by atoms with van der Waals surface area (Å²) in [5, 5.41) is 11.0. The van der Waals surface area contributed by atoms with Crippen molar-refractivity contribution in [2.24, 2.45) is 5.92 Å². The molecule has 1 saturated heterocycles. The van der Waals surface area contributed by atoms with Gasteiger partial charge in [-0.05, 0) is 67.7 Å². The summed E-state index contributed by atoms with van der Waals surface area (Å²) in [6.45, 7) is 2.99. The lowest BCUT2D eigenvalue weighted by molar-refractivity contribution is 0.0867. The van der Waals surface area contributed by atoms with Gasteiger partial charge in [-0.25, -0.2) is 4.39 Å². The van der Waals surface area contributed by atoms with Crippen molar-refractivity contribution in [2.45, 2.75) is 25.5 Å². The molecule has 0 spiro atoms. The number of piperidine rings is 1. The number of fused-ring (bicyclic) bond motifs is 1. The summed E-state index contributed by atoms with van der Waals surface area (Å²) in [5.41, 5.74) is 1.65. The molecule has 0 amide bonds. The first-order valence-electron chi connectivity index (χ1n) is 9.44. The fourth-order valence-electron chi connectivity index (χ4n) is 3.85. The van der Waals surface area contributed by atoms with E-state index >= 15 is 0 Å². The quantitative estimate of drug-likeness (QED) is 0.669. The Morgan fingerprint density at radius 2 is 1.89 bits per heavy atom. The standard InChI is InChI=1S/C21H22ClFN2O2S/c22-16-3-6-20-18(11-16)25(21(27)28-20)12-14-7-9-24(10-8-14)13-19(26)15-1-4-17(23)5-2-15/h1-6,11,14,19,26H,7-10,12-13H2/t19-/m1/s1. The van der Waals surface area contributed by atoms with Gasteiger partial charge in [0.1, 0.15) is 5.82 Å². The van der Waals surface area contributed by atoms with E-state index in [1.807, 2.05) is 22.8 Å². The van der Waals surface area contributed by atoms with Crippen molar-refractivity contribution in [3.05, 3.63) is 68.5 Å². The molecule has 3 aromatic rings. The Hall–Kier alpha value is -1.73. The topological polar surface area (TPSA) is 45.5 Å². The number of aliphatic hydroxyl groups excluding tert-OH is 1. The monoisotopic (exact) mass is 420 g/mol. The Morgan fingerprint density at radius 1 is 1.18 bits per heavy atom. The molecule has 0 unspecified atom stereocenters. The molecule has 0 radical (unpaired) electrons. The number of nitrogens with zero attached hydrogens (tertiary/aromatic N) is 2. The van der Waals surface area contributed by atoms with Crippen LogP contribution in [0.15, 0.2) is 47.3 Å². The summed E-state index contributed by atoms with van der Waals surface area (Å²) in [7, 11) is 0. The second-order valence-corrected chi connectivity index (χ2v) is 8.83. The molecule has 2 aromatic carbocycles. The molecule has 148 valence electrons. The van der Waals surface area contributed by atoms with Crippen LogP contribution in [-0.2, 0) is 6.54 Å². The SMILES string of the molecule is O=c1sc2ccc(Cl)cc2n1CC1CCN(C[C@@H](O)c2ccc(F)cc2)CC1. The molecule has 1 atom stereocenters. The largest absolute Gasteiger partial charge is 0.387 e. The number of β-amino-alcohol motifs (C(OH)–C–C–N with tert-alkyl or cyclic N) is 1. The van der Waals surface area contributed by atoms with Gasteiger partial charge in [0.2, 0.25) is 0 Å². The van der Waals surface area contributed by atoms with Crippen LogP contribution in [0.5, 0.6) is 0 Å². The lowest BCUT2D eigenvalue weighted by Crippen LogP contribution is -2.38. The highest BCUT2D eigenvalue weighted by atomic mass is 35.5. The van der Waals surface area contributed by atoms with E-state index in [1.165, 1.54) is 23.5 Å². The van der Waals surface area contributed by atoms with Gasteiger partial charge in [0.05, 0.1) is 16.3 Å². The Morgan fingerprint density at radius 3 is 2.61 bits per heavy atom. The average Bonchev–Trinajstić information content (AvgIpc) is 2.98. The minimum Gasteiger partial charge on any atom is -0.387 e. The van der Waals surface area contributed by atoms with Gasteiger partial charge < -0.3 is 10.0 Å². The van der Waals surface area contributed by atoms with Gasteiger partial charge in [0.15, 0.2) is 0 Å². The molecule has 1 fully saturated rings. The molecular weight excluding hydrogens is 399 g/mol. The number of halogens is 2. The van der Waals surface area contributed by atoms with Crippen molar-refractivity contribution in [1.29, 1.82) is 0 Å². The molecule has 0 saturated carbocycles. The number of rotatable bonds is 5. The lowest BCUT2D eigenvalue weighted by Gasteiger charge is -2.33. The first kappa shape index (κ1) is 19.6. The fraction of sp³-hybridized carbons (Fsp3) is 0.381. The number of aliphatic hydroxyl groups is 1. The van der Waals surface area contributed by atoms with E-state index in [1.54, 1.807) is 12.1 Å². The van der Waals surface area contributed by atoms with Gasteiger partial charge in [0, 0.05) is 18.1 Å². The van der Waals surface area contributed by atoms with Gasteiger partial charge in [-0.3, -0.25) is 9.36 Å². The fourth-order valence-corrected chi connectivity index (χ4v) is 4.90. The van der Waals surface area contributed by atoms with Gasteiger partial charge >= 0.3 is 4.87 Å². The second-order valence-electron chi connectivity index (χ2n) is 7.40. The molecule has 7 heteroatoms. The molecule has 1 aliphatic heterocycles. The van der Waals surface area contributed by atoms with E-state index in [9.17, 15) is 14.3 Å². The predicted octanol–water partition coefficient (Wildman–Crippen LogP) is 4.30. The van der Waals surface area contributed by atoms with Crippen molar-refractivity contribution >= 4 is 33.2 Å². The number of hydrogen-bond acceptors (Lipinski definition) is 4. The van der Waals surface area contributed by atoms with Crippen LogP contribution in [0, 0.1) is 11.7 Å². The van der Waals surface area contributed by atoms with Crippen LogP contribution in [0.2, 0.25) is 5.02 Å². The van der Waals surface area contributed by atoms with Crippen LogP contribution in [0.25, 0.3) is 10.2 Å². The van der Waals surface area contributed by atoms with Crippen molar-refractivity contribution in [3.63, 3.8) is 0 Å². The summed E-state index contributed by atoms with van der Waals surface area (Å²) >= 11 is 7.37. The maximum atomic E-state index is 13.0. The van der Waals surface area contributed by atoms with Crippen LogP contribution >= 0.6 is 22.9 Å². The van der Waals surface area contributed by atoms with Gasteiger partial charge in [-0.1, -0.05) is 35.1 Å².